The van der Waals surface area contributed by atoms with Gasteiger partial charge in [0.15, 0.2) is 5.78 Å². The first-order valence-corrected chi connectivity index (χ1v) is 3.50. The molecule has 0 heterocycles. The largest absolute Gasteiger partial charge is 0.328 e. The third kappa shape index (κ3) is 2.67. The number of carbonyl (C=O) groups is 2. The molecule has 0 spiro atoms. The molecule has 0 saturated heterocycles. The maximum absolute atomic E-state index is 11.1. The summed E-state index contributed by atoms with van der Waals surface area (Å²) in [6.07, 6.45) is 0.409. The second-order valence-electron chi connectivity index (χ2n) is 2.48. The molecule has 3 atom stereocenters. The standard InChI is InChI=1S/C6H14N4O2/c7-1-3(8)6(12)5(10)4(9)2-11/h2-5H,1,7-10H2. The summed E-state index contributed by atoms with van der Waals surface area (Å²) in [5.41, 5.74) is 20.9. The van der Waals surface area contributed by atoms with Crippen LogP contribution < -0.4 is 22.9 Å². The zero-order valence-electron chi connectivity index (χ0n) is 6.64. The summed E-state index contributed by atoms with van der Waals surface area (Å²) in [7, 11) is 0. The minimum absolute atomic E-state index is 0.00187. The van der Waals surface area contributed by atoms with E-state index in [1.807, 2.05) is 0 Å². The molecular weight excluding hydrogens is 160 g/mol. The highest BCUT2D eigenvalue weighted by Crippen LogP contribution is 1.89. The highest BCUT2D eigenvalue weighted by atomic mass is 16.1. The molecule has 6 nitrogen and oxygen atoms in total. The molecule has 12 heavy (non-hydrogen) atoms. The molecule has 70 valence electrons. The zero-order valence-corrected chi connectivity index (χ0v) is 6.64. The van der Waals surface area contributed by atoms with E-state index in [1.54, 1.807) is 0 Å². The Morgan fingerprint density at radius 3 is 2.17 bits per heavy atom. The predicted molar refractivity (Wildman–Crippen MR) is 44.1 cm³/mol. The van der Waals surface area contributed by atoms with E-state index in [0.29, 0.717) is 6.29 Å². The molecule has 0 saturated carbocycles. The minimum Gasteiger partial charge on any atom is -0.328 e. The molecule has 6 heteroatoms. The number of aldehydes is 1. The van der Waals surface area contributed by atoms with E-state index < -0.39 is 23.9 Å². The van der Waals surface area contributed by atoms with Gasteiger partial charge >= 0.3 is 0 Å². The van der Waals surface area contributed by atoms with Gasteiger partial charge in [-0.1, -0.05) is 0 Å². The Balaban J connectivity index is 4.18. The van der Waals surface area contributed by atoms with Crippen molar-refractivity contribution in [3.63, 3.8) is 0 Å². The summed E-state index contributed by atoms with van der Waals surface area (Å²) in [5.74, 6) is -0.489. The fourth-order valence-electron chi connectivity index (χ4n) is 0.638. The van der Waals surface area contributed by atoms with E-state index >= 15 is 0 Å². The van der Waals surface area contributed by atoms with E-state index in [0.717, 1.165) is 0 Å². The Morgan fingerprint density at radius 1 is 1.33 bits per heavy atom. The Hall–Kier alpha value is -0.820. The highest BCUT2D eigenvalue weighted by Gasteiger charge is 2.24. The summed E-state index contributed by atoms with van der Waals surface area (Å²) in [6.45, 7) is -0.00187. The average Bonchev–Trinajstić information content (AvgIpc) is 2.12. The van der Waals surface area contributed by atoms with Gasteiger partial charge in [0, 0.05) is 6.54 Å². The fourth-order valence-corrected chi connectivity index (χ4v) is 0.638. The quantitative estimate of drug-likeness (QED) is 0.322. The first kappa shape index (κ1) is 11.2. The summed E-state index contributed by atoms with van der Waals surface area (Å²) in [4.78, 5) is 21.2. The van der Waals surface area contributed by atoms with E-state index in [-0.39, 0.29) is 6.54 Å². The lowest BCUT2D eigenvalue weighted by Gasteiger charge is -2.16. The molecule has 0 bridgehead atoms. The lowest BCUT2D eigenvalue weighted by atomic mass is 10.0. The van der Waals surface area contributed by atoms with E-state index in [2.05, 4.69) is 0 Å². The van der Waals surface area contributed by atoms with Crippen molar-refractivity contribution in [2.45, 2.75) is 18.1 Å². The fraction of sp³-hybridized carbons (Fsp3) is 0.667. The molecule has 0 fully saturated rings. The van der Waals surface area contributed by atoms with Gasteiger partial charge in [-0.25, -0.2) is 0 Å². The van der Waals surface area contributed by atoms with Crippen molar-refractivity contribution in [2.75, 3.05) is 6.54 Å². The van der Waals surface area contributed by atoms with Crippen LogP contribution in [0.25, 0.3) is 0 Å². The van der Waals surface area contributed by atoms with E-state index in [9.17, 15) is 9.59 Å². The third-order valence-corrected chi connectivity index (χ3v) is 1.52. The van der Waals surface area contributed by atoms with Gasteiger partial charge in [0.2, 0.25) is 0 Å². The number of ketones is 1. The normalized spacial score (nSPS) is 18.0. The zero-order chi connectivity index (χ0) is 9.72. The second kappa shape index (κ2) is 4.94. The van der Waals surface area contributed by atoms with Crippen LogP contribution in [-0.4, -0.2) is 36.7 Å². The summed E-state index contributed by atoms with van der Waals surface area (Å²) >= 11 is 0. The van der Waals surface area contributed by atoms with E-state index in [4.69, 9.17) is 22.9 Å². The maximum Gasteiger partial charge on any atom is 0.169 e. The molecule has 0 aromatic rings. The van der Waals surface area contributed by atoms with Gasteiger partial charge in [-0.2, -0.15) is 0 Å². The Morgan fingerprint density at radius 2 is 1.83 bits per heavy atom. The lowest BCUT2D eigenvalue weighted by Crippen LogP contribution is -2.55. The van der Waals surface area contributed by atoms with Crippen LogP contribution in [0.3, 0.4) is 0 Å². The van der Waals surface area contributed by atoms with Crippen LogP contribution in [0.1, 0.15) is 0 Å². The molecule has 3 unspecified atom stereocenters. The summed E-state index contributed by atoms with van der Waals surface area (Å²) in [5, 5.41) is 0. The van der Waals surface area contributed by atoms with Crippen LogP contribution in [0.4, 0.5) is 0 Å². The average molecular weight is 174 g/mol. The van der Waals surface area contributed by atoms with Gasteiger partial charge < -0.3 is 27.7 Å². The number of hydrogen-bond donors (Lipinski definition) is 4. The number of carbonyl (C=O) groups excluding carboxylic acids is 2. The molecule has 0 aliphatic heterocycles. The predicted octanol–water partition coefficient (Wildman–Crippen LogP) is -3.30. The van der Waals surface area contributed by atoms with Crippen molar-refractivity contribution < 1.29 is 9.59 Å². The van der Waals surface area contributed by atoms with Crippen LogP contribution in [-0.2, 0) is 9.59 Å². The van der Waals surface area contributed by atoms with Crippen molar-refractivity contribution in [3.05, 3.63) is 0 Å². The molecule has 0 aromatic heterocycles. The number of nitrogens with two attached hydrogens (primary N) is 4. The molecule has 0 aliphatic rings. The number of hydrogen-bond acceptors (Lipinski definition) is 6. The topological polar surface area (TPSA) is 138 Å². The first-order chi connectivity index (χ1) is 5.54. The summed E-state index contributed by atoms with van der Waals surface area (Å²) < 4.78 is 0. The third-order valence-electron chi connectivity index (χ3n) is 1.52. The van der Waals surface area contributed by atoms with Gasteiger partial charge in [-0.05, 0) is 0 Å². The van der Waals surface area contributed by atoms with Crippen molar-refractivity contribution in [2.24, 2.45) is 22.9 Å². The molecule has 0 amide bonds. The minimum atomic E-state index is -1.05. The number of rotatable bonds is 5. The second-order valence-corrected chi connectivity index (χ2v) is 2.48. The molecule has 0 radical (unpaired) electrons. The van der Waals surface area contributed by atoms with Crippen LogP contribution in [0, 0.1) is 0 Å². The molecule has 0 aliphatic carbocycles. The van der Waals surface area contributed by atoms with Gasteiger partial charge in [-0.15, -0.1) is 0 Å². The number of Topliss-reactive ketones (excluding diaryl/α,β-unsaturated/α-hetero) is 1. The van der Waals surface area contributed by atoms with Crippen LogP contribution in [0.5, 0.6) is 0 Å². The van der Waals surface area contributed by atoms with Crippen LogP contribution in [0.2, 0.25) is 0 Å². The van der Waals surface area contributed by atoms with Crippen molar-refractivity contribution in [3.8, 4) is 0 Å². The Labute approximate surface area is 70.2 Å². The van der Waals surface area contributed by atoms with Gasteiger partial charge in [-0.3, -0.25) is 4.79 Å². The highest BCUT2D eigenvalue weighted by molar-refractivity contribution is 5.92. The van der Waals surface area contributed by atoms with Crippen molar-refractivity contribution in [1.82, 2.24) is 0 Å². The van der Waals surface area contributed by atoms with Crippen molar-refractivity contribution in [1.29, 1.82) is 0 Å². The Bertz CT molecular complexity index is 173. The molecule has 0 aromatic carbocycles. The van der Waals surface area contributed by atoms with Gasteiger partial charge in [0.05, 0.1) is 18.1 Å². The van der Waals surface area contributed by atoms with Crippen LogP contribution >= 0.6 is 0 Å². The molecule has 8 N–H and O–H groups in total. The smallest absolute Gasteiger partial charge is 0.169 e. The molecular formula is C6H14N4O2. The van der Waals surface area contributed by atoms with E-state index in [1.165, 1.54) is 0 Å². The maximum atomic E-state index is 11.1. The van der Waals surface area contributed by atoms with Crippen molar-refractivity contribution >= 4 is 12.1 Å². The monoisotopic (exact) mass is 174 g/mol. The van der Waals surface area contributed by atoms with Gasteiger partial charge in [0.1, 0.15) is 6.29 Å². The van der Waals surface area contributed by atoms with Crippen LogP contribution in [0.15, 0.2) is 0 Å². The molecule has 0 rings (SSSR count). The SMILES string of the molecule is NCC(N)C(=O)C(N)C(N)C=O. The Kier molecular flexibility index (Phi) is 4.60. The first-order valence-electron chi connectivity index (χ1n) is 3.50. The summed E-state index contributed by atoms with van der Waals surface area (Å²) in [6, 6.07) is -2.90. The lowest BCUT2D eigenvalue weighted by molar-refractivity contribution is -0.123. The van der Waals surface area contributed by atoms with Gasteiger partial charge in [0.25, 0.3) is 0 Å².